The summed E-state index contributed by atoms with van der Waals surface area (Å²) >= 11 is 3.53. The number of rotatable bonds is 5. The third-order valence-electron chi connectivity index (χ3n) is 4.77. The third kappa shape index (κ3) is 3.27. The first-order valence-electron chi connectivity index (χ1n) is 8.43. The number of benzene rings is 1. The minimum Gasteiger partial charge on any atom is -0.357 e. The molecule has 4 rings (SSSR count). The van der Waals surface area contributed by atoms with Crippen molar-refractivity contribution >= 4 is 26.8 Å². The quantitative estimate of drug-likeness (QED) is 0.705. The van der Waals surface area contributed by atoms with Crippen molar-refractivity contribution in [2.45, 2.75) is 26.1 Å². The van der Waals surface area contributed by atoms with Crippen LogP contribution in [0.4, 0.5) is 0 Å². The average Bonchev–Trinajstić information content (AvgIpc) is 3.20. The van der Waals surface area contributed by atoms with Gasteiger partial charge in [0, 0.05) is 59.5 Å². The zero-order valence-electron chi connectivity index (χ0n) is 13.8. The second-order valence-corrected chi connectivity index (χ2v) is 7.37. The molecule has 0 saturated carbocycles. The van der Waals surface area contributed by atoms with Crippen molar-refractivity contribution < 1.29 is 0 Å². The molecule has 2 N–H and O–H groups in total. The molecule has 1 unspecified atom stereocenters. The maximum Gasteiger partial charge on any atom is 0.0540 e. The van der Waals surface area contributed by atoms with Crippen molar-refractivity contribution in [1.29, 1.82) is 0 Å². The van der Waals surface area contributed by atoms with Crippen LogP contribution in [0.2, 0.25) is 0 Å². The van der Waals surface area contributed by atoms with Crippen molar-refractivity contribution in [3.63, 3.8) is 0 Å². The van der Waals surface area contributed by atoms with Crippen molar-refractivity contribution in [3.8, 4) is 0 Å². The van der Waals surface area contributed by atoms with Gasteiger partial charge in [-0.1, -0.05) is 15.9 Å². The monoisotopic (exact) mass is 387 g/mol. The number of hydrogen-bond donors (Lipinski definition) is 2. The molecule has 1 aliphatic heterocycles. The Labute approximate surface area is 150 Å². The smallest absolute Gasteiger partial charge is 0.0540 e. The van der Waals surface area contributed by atoms with Gasteiger partial charge in [-0.2, -0.15) is 5.10 Å². The number of aromatic amines is 1. The summed E-state index contributed by atoms with van der Waals surface area (Å²) < 4.78 is 3.22. The summed E-state index contributed by atoms with van der Waals surface area (Å²) in [6.07, 6.45) is 1.90. The topological polar surface area (TPSA) is 48.9 Å². The Balaban J connectivity index is 1.32. The minimum atomic E-state index is 0.312. The van der Waals surface area contributed by atoms with Crippen molar-refractivity contribution in [2.75, 3.05) is 19.6 Å². The largest absolute Gasteiger partial charge is 0.357 e. The lowest BCUT2D eigenvalue weighted by Crippen LogP contribution is -2.38. The van der Waals surface area contributed by atoms with Crippen molar-refractivity contribution in [2.24, 2.45) is 0 Å². The summed E-state index contributed by atoms with van der Waals surface area (Å²) in [6.45, 7) is 7.32. The van der Waals surface area contributed by atoms with Crippen LogP contribution in [0, 0.1) is 0 Å². The number of fused-ring (bicyclic) bond motifs is 2. The molecule has 1 aliphatic rings. The predicted molar refractivity (Wildman–Crippen MR) is 99.9 cm³/mol. The lowest BCUT2D eigenvalue weighted by atomic mass is 10.2. The van der Waals surface area contributed by atoms with Crippen LogP contribution >= 0.6 is 15.9 Å². The van der Waals surface area contributed by atoms with E-state index in [0.717, 1.165) is 37.2 Å². The predicted octanol–water partition coefficient (Wildman–Crippen LogP) is 3.29. The van der Waals surface area contributed by atoms with E-state index in [-0.39, 0.29) is 0 Å². The first-order valence-corrected chi connectivity index (χ1v) is 9.23. The first kappa shape index (κ1) is 15.9. The highest BCUT2D eigenvalue weighted by Gasteiger charge is 2.16. The Morgan fingerprint density at radius 3 is 3.12 bits per heavy atom. The molecule has 0 bridgehead atoms. The number of nitrogens with zero attached hydrogens (tertiary/aromatic N) is 3. The van der Waals surface area contributed by atoms with Gasteiger partial charge in [0.1, 0.15) is 0 Å². The van der Waals surface area contributed by atoms with E-state index in [4.69, 9.17) is 0 Å². The van der Waals surface area contributed by atoms with Crippen LogP contribution in [-0.2, 0) is 13.1 Å². The van der Waals surface area contributed by atoms with Gasteiger partial charge in [-0.25, -0.2) is 0 Å². The zero-order chi connectivity index (χ0) is 16.5. The molecule has 0 fully saturated rings. The maximum atomic E-state index is 4.33. The van der Waals surface area contributed by atoms with Crippen LogP contribution in [0.3, 0.4) is 0 Å². The zero-order valence-corrected chi connectivity index (χ0v) is 15.4. The summed E-state index contributed by atoms with van der Waals surface area (Å²) in [6, 6.07) is 11.0. The van der Waals surface area contributed by atoms with E-state index in [1.165, 1.54) is 22.3 Å². The number of aromatic nitrogens is 3. The van der Waals surface area contributed by atoms with E-state index in [1.807, 2.05) is 6.20 Å². The van der Waals surface area contributed by atoms with Gasteiger partial charge < -0.3 is 10.3 Å². The van der Waals surface area contributed by atoms with E-state index >= 15 is 0 Å². The minimum absolute atomic E-state index is 0.312. The molecule has 0 radical (unpaired) electrons. The molecule has 2 aromatic heterocycles. The fourth-order valence-electron chi connectivity index (χ4n) is 3.34. The van der Waals surface area contributed by atoms with Gasteiger partial charge >= 0.3 is 0 Å². The highest BCUT2D eigenvalue weighted by Crippen LogP contribution is 2.23. The molecule has 3 aromatic rings. The standard InChI is InChI=1S/C18H22BrN5/c1-13(18-11-14-10-15(19)2-3-17(14)22-18)20-6-7-23-8-9-24-16(12-23)4-5-21-24/h2-5,10-11,13,20,22H,6-9,12H2,1H3. The molecule has 1 atom stereocenters. The van der Waals surface area contributed by atoms with Crippen LogP contribution in [0.5, 0.6) is 0 Å². The fourth-order valence-corrected chi connectivity index (χ4v) is 3.72. The molecule has 0 aliphatic carbocycles. The summed E-state index contributed by atoms with van der Waals surface area (Å²) in [7, 11) is 0. The molecule has 6 heteroatoms. The van der Waals surface area contributed by atoms with Gasteiger partial charge in [0.15, 0.2) is 0 Å². The Morgan fingerprint density at radius 1 is 1.29 bits per heavy atom. The van der Waals surface area contributed by atoms with Crippen LogP contribution in [0.1, 0.15) is 24.4 Å². The Morgan fingerprint density at radius 2 is 2.21 bits per heavy atom. The number of H-pyrrole nitrogens is 1. The van der Waals surface area contributed by atoms with E-state index in [0.29, 0.717) is 6.04 Å². The summed E-state index contributed by atoms with van der Waals surface area (Å²) in [5, 5.41) is 9.21. The van der Waals surface area contributed by atoms with Gasteiger partial charge in [-0.15, -0.1) is 0 Å². The van der Waals surface area contributed by atoms with E-state index in [1.54, 1.807) is 0 Å². The molecule has 0 saturated heterocycles. The molecule has 0 spiro atoms. The lowest BCUT2D eigenvalue weighted by molar-refractivity contribution is 0.211. The molecule has 3 heterocycles. The van der Waals surface area contributed by atoms with Gasteiger partial charge in [0.25, 0.3) is 0 Å². The lowest BCUT2D eigenvalue weighted by Gasteiger charge is -2.28. The van der Waals surface area contributed by atoms with E-state index < -0.39 is 0 Å². The Kier molecular flexibility index (Phi) is 4.43. The SMILES string of the molecule is CC(NCCN1CCn2nccc2C1)c1cc2cc(Br)ccc2[nH]1. The molecular weight excluding hydrogens is 366 g/mol. The van der Waals surface area contributed by atoms with Crippen molar-refractivity contribution in [1.82, 2.24) is 25.0 Å². The fraction of sp³-hybridized carbons (Fsp3) is 0.389. The Bertz CT molecular complexity index is 837. The highest BCUT2D eigenvalue weighted by atomic mass is 79.9. The molecular formula is C18H22BrN5. The maximum absolute atomic E-state index is 4.33. The molecule has 24 heavy (non-hydrogen) atoms. The normalized spacial score (nSPS) is 16.4. The van der Waals surface area contributed by atoms with Crippen LogP contribution < -0.4 is 5.32 Å². The molecule has 126 valence electrons. The van der Waals surface area contributed by atoms with E-state index in [2.05, 4.69) is 78.2 Å². The second-order valence-electron chi connectivity index (χ2n) is 6.45. The first-order chi connectivity index (χ1) is 11.7. The summed E-state index contributed by atoms with van der Waals surface area (Å²) in [5.41, 5.74) is 3.74. The van der Waals surface area contributed by atoms with Gasteiger partial charge in [-0.3, -0.25) is 9.58 Å². The summed E-state index contributed by atoms with van der Waals surface area (Å²) in [4.78, 5) is 6.00. The Hall–Kier alpha value is -1.63. The molecule has 0 amide bonds. The number of halogens is 1. The number of hydrogen-bond acceptors (Lipinski definition) is 3. The van der Waals surface area contributed by atoms with Gasteiger partial charge in [-0.05, 0) is 37.3 Å². The molecule has 5 nitrogen and oxygen atoms in total. The average molecular weight is 388 g/mol. The van der Waals surface area contributed by atoms with Crippen molar-refractivity contribution in [3.05, 3.63) is 52.4 Å². The third-order valence-corrected chi connectivity index (χ3v) is 5.26. The second kappa shape index (κ2) is 6.70. The number of nitrogens with one attached hydrogen (secondary N) is 2. The highest BCUT2D eigenvalue weighted by molar-refractivity contribution is 9.10. The van der Waals surface area contributed by atoms with Gasteiger partial charge in [0.05, 0.1) is 12.2 Å². The summed E-state index contributed by atoms with van der Waals surface area (Å²) in [5.74, 6) is 0. The van der Waals surface area contributed by atoms with Gasteiger partial charge in [0.2, 0.25) is 0 Å². The van der Waals surface area contributed by atoms with Crippen LogP contribution in [0.25, 0.3) is 10.9 Å². The van der Waals surface area contributed by atoms with Crippen LogP contribution in [-0.4, -0.2) is 39.3 Å². The van der Waals surface area contributed by atoms with E-state index in [9.17, 15) is 0 Å². The molecule has 1 aromatic carbocycles. The van der Waals surface area contributed by atoms with Crippen LogP contribution in [0.15, 0.2) is 41.0 Å².